The maximum absolute atomic E-state index is 13.2. The van der Waals surface area contributed by atoms with Gasteiger partial charge in [0.1, 0.15) is 5.76 Å². The van der Waals surface area contributed by atoms with Gasteiger partial charge >= 0.3 is 5.97 Å². The van der Waals surface area contributed by atoms with Crippen molar-refractivity contribution in [3.05, 3.63) is 112 Å². The molecule has 1 saturated heterocycles. The standard InChI is InChI=1S/C29H27NO5/c1-3-16-35-29(34)22-14-12-20(13-15-22)18-30-25(23-11-7-8-19(2)17-23)24(27(32)28(30)33)26(31)21-9-5-4-6-10-21/h4-15,17,25,31H,3,16,18H2,1-2H3/b26-24+. The Labute approximate surface area is 204 Å². The SMILES string of the molecule is CCCOC(=O)c1ccc(CN2C(=O)C(=O)/C(=C(/O)c3ccccc3)C2c2cccc(C)c2)cc1. The Hall–Kier alpha value is -4.19. The second kappa shape index (κ2) is 10.4. The van der Waals surface area contributed by atoms with Gasteiger partial charge in [0.25, 0.3) is 11.7 Å². The number of carbonyl (C=O) groups excluding carboxylic acids is 3. The minimum Gasteiger partial charge on any atom is -0.507 e. The fraction of sp³-hybridized carbons (Fsp3) is 0.207. The number of nitrogens with zero attached hydrogens (tertiary/aromatic N) is 1. The van der Waals surface area contributed by atoms with Crippen molar-refractivity contribution in [2.75, 3.05) is 6.61 Å². The van der Waals surface area contributed by atoms with E-state index in [4.69, 9.17) is 4.74 Å². The number of rotatable bonds is 7. The van der Waals surface area contributed by atoms with Crippen molar-refractivity contribution in [2.45, 2.75) is 32.9 Å². The van der Waals surface area contributed by atoms with E-state index in [1.807, 2.05) is 44.2 Å². The van der Waals surface area contributed by atoms with Gasteiger partial charge in [0.15, 0.2) is 0 Å². The van der Waals surface area contributed by atoms with Gasteiger partial charge in [-0.25, -0.2) is 4.79 Å². The van der Waals surface area contributed by atoms with Crippen molar-refractivity contribution in [3.63, 3.8) is 0 Å². The molecular weight excluding hydrogens is 442 g/mol. The van der Waals surface area contributed by atoms with Crippen LogP contribution < -0.4 is 0 Å². The lowest BCUT2D eigenvalue weighted by Gasteiger charge is -2.26. The molecule has 35 heavy (non-hydrogen) atoms. The Kier molecular flexibility index (Phi) is 7.11. The molecule has 0 radical (unpaired) electrons. The summed E-state index contributed by atoms with van der Waals surface area (Å²) in [5.41, 5.74) is 3.41. The normalized spacial score (nSPS) is 17.0. The number of aliphatic hydroxyl groups excluding tert-OH is 1. The Morgan fingerprint density at radius 2 is 1.66 bits per heavy atom. The summed E-state index contributed by atoms with van der Waals surface area (Å²) < 4.78 is 5.17. The molecule has 0 saturated carbocycles. The number of aryl methyl sites for hydroxylation is 1. The highest BCUT2D eigenvalue weighted by molar-refractivity contribution is 6.46. The van der Waals surface area contributed by atoms with Crippen LogP contribution in [0.4, 0.5) is 0 Å². The van der Waals surface area contributed by atoms with Crippen LogP contribution in [0.25, 0.3) is 5.76 Å². The van der Waals surface area contributed by atoms with Crippen molar-refractivity contribution in [2.24, 2.45) is 0 Å². The van der Waals surface area contributed by atoms with E-state index >= 15 is 0 Å². The summed E-state index contributed by atoms with van der Waals surface area (Å²) >= 11 is 0. The minimum absolute atomic E-state index is 0.0616. The molecule has 1 atom stereocenters. The Morgan fingerprint density at radius 1 is 0.943 bits per heavy atom. The van der Waals surface area contributed by atoms with Crippen LogP contribution in [0.5, 0.6) is 0 Å². The Bertz CT molecular complexity index is 1280. The first kappa shape index (κ1) is 24.0. The zero-order chi connectivity index (χ0) is 24.9. The van der Waals surface area contributed by atoms with Crippen LogP contribution in [-0.2, 0) is 20.9 Å². The van der Waals surface area contributed by atoms with E-state index in [-0.39, 0.29) is 17.9 Å². The van der Waals surface area contributed by atoms with Crippen molar-refractivity contribution in [3.8, 4) is 0 Å². The topological polar surface area (TPSA) is 83.9 Å². The van der Waals surface area contributed by atoms with Crippen LogP contribution in [0.2, 0.25) is 0 Å². The molecule has 1 heterocycles. The number of amides is 1. The highest BCUT2D eigenvalue weighted by Crippen LogP contribution is 2.40. The van der Waals surface area contributed by atoms with E-state index in [9.17, 15) is 19.5 Å². The monoisotopic (exact) mass is 469 g/mol. The van der Waals surface area contributed by atoms with E-state index in [2.05, 4.69) is 0 Å². The number of esters is 1. The summed E-state index contributed by atoms with van der Waals surface area (Å²) in [7, 11) is 0. The van der Waals surface area contributed by atoms with E-state index in [1.165, 1.54) is 4.90 Å². The molecule has 4 rings (SSSR count). The molecule has 6 nitrogen and oxygen atoms in total. The summed E-state index contributed by atoms with van der Waals surface area (Å²) in [5, 5.41) is 11.1. The van der Waals surface area contributed by atoms with Crippen LogP contribution in [0.15, 0.2) is 84.4 Å². The molecule has 0 aromatic heterocycles. The number of hydrogen-bond donors (Lipinski definition) is 1. The van der Waals surface area contributed by atoms with Gasteiger partial charge in [0.05, 0.1) is 23.8 Å². The number of benzene rings is 3. The van der Waals surface area contributed by atoms with Crippen LogP contribution in [0.1, 0.15) is 52.0 Å². The predicted octanol–water partition coefficient (Wildman–Crippen LogP) is 5.18. The molecular formula is C29H27NO5. The summed E-state index contributed by atoms with van der Waals surface area (Å²) in [6.07, 6.45) is 0.737. The highest BCUT2D eigenvalue weighted by Gasteiger charge is 2.46. The predicted molar refractivity (Wildman–Crippen MR) is 132 cm³/mol. The fourth-order valence-electron chi connectivity index (χ4n) is 4.20. The molecule has 178 valence electrons. The van der Waals surface area contributed by atoms with Gasteiger partial charge in [0.2, 0.25) is 0 Å². The minimum atomic E-state index is -0.746. The van der Waals surface area contributed by atoms with Gasteiger partial charge in [-0.3, -0.25) is 9.59 Å². The molecule has 3 aromatic rings. The first-order valence-electron chi connectivity index (χ1n) is 11.6. The van der Waals surface area contributed by atoms with E-state index < -0.39 is 23.7 Å². The number of ketones is 1. The van der Waals surface area contributed by atoms with Crippen LogP contribution in [-0.4, -0.2) is 34.3 Å². The molecule has 1 unspecified atom stereocenters. The second-order valence-electron chi connectivity index (χ2n) is 8.54. The first-order valence-corrected chi connectivity index (χ1v) is 11.6. The quantitative estimate of drug-likeness (QED) is 0.223. The number of ether oxygens (including phenoxy) is 1. The first-order chi connectivity index (χ1) is 16.9. The molecule has 0 bridgehead atoms. The lowest BCUT2D eigenvalue weighted by molar-refractivity contribution is -0.140. The largest absolute Gasteiger partial charge is 0.507 e. The number of carbonyl (C=O) groups is 3. The fourth-order valence-corrected chi connectivity index (χ4v) is 4.20. The van der Waals surface area contributed by atoms with Crippen molar-refractivity contribution < 1.29 is 24.2 Å². The average molecular weight is 470 g/mol. The lowest BCUT2D eigenvalue weighted by Crippen LogP contribution is -2.29. The van der Waals surface area contributed by atoms with Gasteiger partial charge in [-0.05, 0) is 36.6 Å². The maximum atomic E-state index is 13.2. The van der Waals surface area contributed by atoms with Gasteiger partial charge < -0.3 is 14.7 Å². The van der Waals surface area contributed by atoms with Crippen molar-refractivity contribution >= 4 is 23.4 Å². The third-order valence-corrected chi connectivity index (χ3v) is 5.92. The molecule has 3 aromatic carbocycles. The van der Waals surface area contributed by atoms with Gasteiger partial charge in [-0.15, -0.1) is 0 Å². The Morgan fingerprint density at radius 3 is 2.31 bits per heavy atom. The third kappa shape index (κ3) is 5.01. The summed E-state index contributed by atoms with van der Waals surface area (Å²) in [5.74, 6) is -2.01. The van der Waals surface area contributed by atoms with Gasteiger partial charge in [-0.1, -0.05) is 79.2 Å². The molecule has 6 heteroatoms. The molecule has 1 aliphatic heterocycles. The summed E-state index contributed by atoms with van der Waals surface area (Å²) in [6, 6.07) is 22.3. The highest BCUT2D eigenvalue weighted by atomic mass is 16.5. The van der Waals surface area contributed by atoms with Crippen molar-refractivity contribution in [1.29, 1.82) is 0 Å². The average Bonchev–Trinajstić information content (AvgIpc) is 3.12. The number of aliphatic hydroxyl groups is 1. The number of likely N-dealkylation sites (tertiary alicyclic amines) is 1. The molecule has 1 N–H and O–H groups in total. The molecule has 0 aliphatic carbocycles. The van der Waals surface area contributed by atoms with E-state index in [0.29, 0.717) is 17.7 Å². The smallest absolute Gasteiger partial charge is 0.338 e. The molecule has 1 aliphatic rings. The van der Waals surface area contributed by atoms with E-state index in [1.54, 1.807) is 48.5 Å². The van der Waals surface area contributed by atoms with E-state index in [0.717, 1.165) is 23.1 Å². The zero-order valence-corrected chi connectivity index (χ0v) is 19.7. The second-order valence-corrected chi connectivity index (χ2v) is 8.54. The van der Waals surface area contributed by atoms with Crippen molar-refractivity contribution in [1.82, 2.24) is 4.90 Å². The maximum Gasteiger partial charge on any atom is 0.338 e. The third-order valence-electron chi connectivity index (χ3n) is 5.92. The molecule has 1 amide bonds. The van der Waals surface area contributed by atoms with Crippen LogP contribution in [0, 0.1) is 6.92 Å². The van der Waals surface area contributed by atoms with Gasteiger partial charge in [0, 0.05) is 12.1 Å². The number of hydrogen-bond acceptors (Lipinski definition) is 5. The summed E-state index contributed by atoms with van der Waals surface area (Å²) in [6.45, 7) is 4.35. The number of Topliss-reactive ketones (excluding diaryl/α,β-unsaturated/α-hetero) is 1. The Balaban J connectivity index is 1.72. The van der Waals surface area contributed by atoms with Gasteiger partial charge in [-0.2, -0.15) is 0 Å². The van der Waals surface area contributed by atoms with Crippen LogP contribution >= 0.6 is 0 Å². The molecule has 0 spiro atoms. The summed E-state index contributed by atoms with van der Waals surface area (Å²) in [4.78, 5) is 39.9. The van der Waals surface area contributed by atoms with Crippen LogP contribution in [0.3, 0.4) is 0 Å². The zero-order valence-electron chi connectivity index (χ0n) is 19.7. The molecule has 1 fully saturated rings. The lowest BCUT2D eigenvalue weighted by atomic mass is 9.94.